The van der Waals surface area contributed by atoms with Crippen molar-refractivity contribution in [2.24, 2.45) is 0 Å². The predicted molar refractivity (Wildman–Crippen MR) is 49.7 cm³/mol. The Morgan fingerprint density at radius 3 is 3.00 bits per heavy atom. The van der Waals surface area contributed by atoms with E-state index in [-0.39, 0.29) is 0 Å². The minimum atomic E-state index is 0.715. The lowest BCUT2D eigenvalue weighted by molar-refractivity contribution is 0.923. The summed E-state index contributed by atoms with van der Waals surface area (Å²) in [6.45, 7) is 2.12. The smallest absolute Gasteiger partial charge is 0.155 e. The zero-order chi connectivity index (χ0) is 8.84. The van der Waals surface area contributed by atoms with Crippen LogP contribution in [0.2, 0.25) is 0 Å². The summed E-state index contributed by atoms with van der Waals surface area (Å²) >= 11 is 0. The minimum Gasteiger partial charge on any atom is -0.301 e. The van der Waals surface area contributed by atoms with Gasteiger partial charge in [-0.1, -0.05) is 0 Å². The van der Waals surface area contributed by atoms with Crippen molar-refractivity contribution in [3.8, 4) is 0 Å². The summed E-state index contributed by atoms with van der Waals surface area (Å²) in [6, 6.07) is 0. The van der Waals surface area contributed by atoms with Crippen LogP contribution in [0.25, 0.3) is 5.65 Å². The van der Waals surface area contributed by atoms with Crippen LogP contribution >= 0.6 is 0 Å². The summed E-state index contributed by atoms with van der Waals surface area (Å²) in [6.07, 6.45) is 8.28. The molecule has 0 amide bonds. The molecule has 2 heterocycles. The lowest BCUT2D eigenvalue weighted by Gasteiger charge is -2.04. The van der Waals surface area contributed by atoms with Crippen molar-refractivity contribution in [1.29, 1.82) is 0 Å². The molecule has 0 saturated heterocycles. The molecule has 3 heteroatoms. The minimum absolute atomic E-state index is 0.715. The molecule has 0 unspecified atom stereocenters. The second-order valence-electron chi connectivity index (χ2n) is 3.66. The van der Waals surface area contributed by atoms with Crippen LogP contribution in [0.1, 0.15) is 30.1 Å². The molecule has 2 aromatic rings. The molecule has 0 N–H and O–H groups in total. The third-order valence-corrected chi connectivity index (χ3v) is 2.68. The first-order chi connectivity index (χ1) is 6.36. The van der Waals surface area contributed by atoms with E-state index in [0.717, 1.165) is 5.65 Å². The van der Waals surface area contributed by atoms with Gasteiger partial charge in [-0.25, -0.2) is 4.98 Å². The Kier molecular flexibility index (Phi) is 1.26. The van der Waals surface area contributed by atoms with Crippen molar-refractivity contribution in [3.05, 3.63) is 30.0 Å². The summed E-state index contributed by atoms with van der Waals surface area (Å²) < 4.78 is 2.11. The van der Waals surface area contributed by atoms with E-state index in [2.05, 4.69) is 21.3 Å². The van der Waals surface area contributed by atoms with E-state index in [9.17, 15) is 0 Å². The van der Waals surface area contributed by atoms with Crippen LogP contribution < -0.4 is 0 Å². The highest BCUT2D eigenvalue weighted by atomic mass is 15.0. The molecule has 2 aromatic heterocycles. The van der Waals surface area contributed by atoms with Crippen molar-refractivity contribution >= 4 is 5.65 Å². The van der Waals surface area contributed by atoms with Crippen molar-refractivity contribution in [2.75, 3.05) is 0 Å². The van der Waals surface area contributed by atoms with E-state index in [1.54, 1.807) is 0 Å². The molecule has 1 aliphatic carbocycles. The van der Waals surface area contributed by atoms with Crippen LogP contribution in [0.5, 0.6) is 0 Å². The molecule has 13 heavy (non-hydrogen) atoms. The number of fused-ring (bicyclic) bond motifs is 1. The van der Waals surface area contributed by atoms with Crippen molar-refractivity contribution < 1.29 is 0 Å². The number of nitrogens with zero attached hydrogens (tertiary/aromatic N) is 3. The fraction of sp³-hybridized carbons (Fsp3) is 0.400. The summed E-state index contributed by atoms with van der Waals surface area (Å²) in [4.78, 5) is 8.66. The number of aryl methyl sites for hydroxylation is 1. The third kappa shape index (κ3) is 0.963. The van der Waals surface area contributed by atoms with Crippen LogP contribution in [0.3, 0.4) is 0 Å². The maximum Gasteiger partial charge on any atom is 0.155 e. The number of hydrogen-bond acceptors (Lipinski definition) is 2. The first-order valence-corrected chi connectivity index (χ1v) is 4.65. The van der Waals surface area contributed by atoms with E-state index in [4.69, 9.17) is 0 Å². The molecule has 0 aliphatic heterocycles. The fourth-order valence-electron chi connectivity index (χ4n) is 1.80. The molecule has 0 bridgehead atoms. The van der Waals surface area contributed by atoms with Gasteiger partial charge in [-0.05, 0) is 19.8 Å². The van der Waals surface area contributed by atoms with E-state index < -0.39 is 0 Å². The van der Waals surface area contributed by atoms with Crippen LogP contribution in [0.4, 0.5) is 0 Å². The van der Waals surface area contributed by atoms with Crippen molar-refractivity contribution in [3.63, 3.8) is 0 Å². The van der Waals surface area contributed by atoms with E-state index >= 15 is 0 Å². The average Bonchev–Trinajstić information content (AvgIpc) is 2.83. The Balaban J connectivity index is 2.30. The maximum atomic E-state index is 4.46. The number of rotatable bonds is 1. The second kappa shape index (κ2) is 2.31. The molecule has 66 valence electrons. The predicted octanol–water partition coefficient (Wildman–Crippen LogP) is 1.92. The van der Waals surface area contributed by atoms with Gasteiger partial charge in [0.25, 0.3) is 0 Å². The number of imidazole rings is 1. The molecule has 3 nitrogen and oxygen atoms in total. The lowest BCUT2D eigenvalue weighted by Crippen LogP contribution is -1.99. The molecule has 1 fully saturated rings. The first kappa shape index (κ1) is 7.06. The SMILES string of the molecule is Cc1c(C2CC2)ncc2nccn12. The van der Waals surface area contributed by atoms with Crippen molar-refractivity contribution in [1.82, 2.24) is 14.4 Å². The highest BCUT2D eigenvalue weighted by molar-refractivity contribution is 5.39. The normalized spacial score (nSPS) is 16.7. The molecule has 0 aromatic carbocycles. The maximum absolute atomic E-state index is 4.46. The van der Waals surface area contributed by atoms with Gasteiger partial charge in [0.15, 0.2) is 5.65 Å². The Bertz CT molecular complexity index is 454. The molecule has 0 atom stereocenters. The van der Waals surface area contributed by atoms with Gasteiger partial charge in [0.05, 0.1) is 11.9 Å². The van der Waals surface area contributed by atoms with Crippen LogP contribution in [-0.4, -0.2) is 14.4 Å². The number of aromatic nitrogens is 3. The Labute approximate surface area is 76.4 Å². The van der Waals surface area contributed by atoms with Gasteiger partial charge in [-0.3, -0.25) is 4.98 Å². The second-order valence-corrected chi connectivity index (χ2v) is 3.66. The highest BCUT2D eigenvalue weighted by Gasteiger charge is 2.27. The zero-order valence-corrected chi connectivity index (χ0v) is 7.57. The molecule has 1 saturated carbocycles. The first-order valence-electron chi connectivity index (χ1n) is 4.65. The van der Waals surface area contributed by atoms with Gasteiger partial charge < -0.3 is 4.40 Å². The van der Waals surface area contributed by atoms with Crippen LogP contribution in [0.15, 0.2) is 18.6 Å². The van der Waals surface area contributed by atoms with Gasteiger partial charge in [0.1, 0.15) is 0 Å². The molecule has 1 aliphatic rings. The summed E-state index contributed by atoms with van der Waals surface area (Å²) in [5, 5.41) is 0. The standard InChI is InChI=1S/C10H11N3/c1-7-10(8-2-3-8)12-6-9-11-4-5-13(7)9/h4-6,8H,2-3H2,1H3. The lowest BCUT2D eigenvalue weighted by atomic mass is 10.2. The van der Waals surface area contributed by atoms with Gasteiger partial charge in [0.2, 0.25) is 0 Å². The van der Waals surface area contributed by atoms with Crippen LogP contribution in [-0.2, 0) is 0 Å². The zero-order valence-electron chi connectivity index (χ0n) is 7.57. The van der Waals surface area contributed by atoms with E-state index in [1.165, 1.54) is 24.2 Å². The van der Waals surface area contributed by atoms with Gasteiger partial charge in [-0.15, -0.1) is 0 Å². The fourth-order valence-corrected chi connectivity index (χ4v) is 1.80. The molecule has 3 rings (SSSR count). The Morgan fingerprint density at radius 1 is 1.38 bits per heavy atom. The quantitative estimate of drug-likeness (QED) is 0.659. The summed E-state index contributed by atoms with van der Waals surface area (Å²) in [7, 11) is 0. The Morgan fingerprint density at radius 2 is 2.23 bits per heavy atom. The summed E-state index contributed by atoms with van der Waals surface area (Å²) in [5.41, 5.74) is 3.45. The highest BCUT2D eigenvalue weighted by Crippen LogP contribution is 2.40. The monoisotopic (exact) mass is 173 g/mol. The van der Waals surface area contributed by atoms with Gasteiger partial charge >= 0.3 is 0 Å². The molecular weight excluding hydrogens is 162 g/mol. The Hall–Kier alpha value is -1.38. The van der Waals surface area contributed by atoms with Gasteiger partial charge in [-0.2, -0.15) is 0 Å². The third-order valence-electron chi connectivity index (χ3n) is 2.68. The van der Waals surface area contributed by atoms with Crippen LogP contribution in [0, 0.1) is 6.92 Å². The number of hydrogen-bond donors (Lipinski definition) is 0. The summed E-state index contributed by atoms with van der Waals surface area (Å²) in [5.74, 6) is 0.715. The molecular formula is C10H11N3. The molecule has 0 spiro atoms. The molecule has 0 radical (unpaired) electrons. The van der Waals surface area contributed by atoms with Crippen molar-refractivity contribution in [2.45, 2.75) is 25.7 Å². The van der Waals surface area contributed by atoms with E-state index in [1.807, 2.05) is 18.6 Å². The topological polar surface area (TPSA) is 30.2 Å². The van der Waals surface area contributed by atoms with E-state index in [0.29, 0.717) is 5.92 Å². The largest absolute Gasteiger partial charge is 0.301 e. The van der Waals surface area contributed by atoms with Gasteiger partial charge in [0, 0.05) is 24.0 Å². The average molecular weight is 173 g/mol.